The first-order chi connectivity index (χ1) is 16.6. The van der Waals surface area contributed by atoms with E-state index in [1.165, 1.54) is 31.4 Å². The van der Waals surface area contributed by atoms with Crippen LogP contribution in [0, 0.1) is 0 Å². The number of aryl methyl sites for hydroxylation is 1. The molecule has 2 heterocycles. The molecule has 1 aromatic heterocycles. The Balaban J connectivity index is 0.000000328. The van der Waals surface area contributed by atoms with Crippen LogP contribution in [0.1, 0.15) is 69.2 Å². The highest BCUT2D eigenvalue weighted by atomic mass is 19.4. The Morgan fingerprint density at radius 1 is 0.914 bits per heavy atom. The number of primary amides is 2. The number of unbranched alkanes of at least 4 members (excludes halogenated alkanes) is 3. The number of piperidine rings is 1. The lowest BCUT2D eigenvalue weighted by molar-refractivity contribution is -0.137. The van der Waals surface area contributed by atoms with Crippen LogP contribution in [0.4, 0.5) is 13.2 Å². The molecule has 1 aliphatic heterocycles. The van der Waals surface area contributed by atoms with Gasteiger partial charge in [-0.1, -0.05) is 31.4 Å². The lowest BCUT2D eigenvalue weighted by Crippen LogP contribution is -2.32. The number of alkyl halides is 3. The van der Waals surface area contributed by atoms with Crippen molar-refractivity contribution in [3.05, 3.63) is 41.9 Å². The largest absolute Gasteiger partial charge is 0.416 e. The number of nitrogens with two attached hydrogens (primary N) is 2. The van der Waals surface area contributed by atoms with Gasteiger partial charge in [0.05, 0.1) is 17.5 Å². The molecule has 0 saturated carbocycles. The molecule has 0 aliphatic carbocycles. The summed E-state index contributed by atoms with van der Waals surface area (Å²) in [5.74, 6) is 0.345. The summed E-state index contributed by atoms with van der Waals surface area (Å²) in [4.78, 5) is 30.8. The summed E-state index contributed by atoms with van der Waals surface area (Å²) >= 11 is 0. The van der Waals surface area contributed by atoms with Gasteiger partial charge in [0, 0.05) is 25.8 Å². The van der Waals surface area contributed by atoms with Crippen LogP contribution in [-0.2, 0) is 22.2 Å². The van der Waals surface area contributed by atoms with Gasteiger partial charge in [0.15, 0.2) is 0 Å². The number of hydrogen-bond acceptors (Lipinski definition) is 4. The average Bonchev–Trinajstić information content (AvgIpc) is 3.29. The van der Waals surface area contributed by atoms with Crippen LogP contribution in [-0.4, -0.2) is 46.3 Å². The molecule has 194 valence electrons. The molecule has 1 aliphatic rings. The number of aromatic nitrogens is 2. The number of rotatable bonds is 11. The van der Waals surface area contributed by atoms with Gasteiger partial charge in [-0.05, 0) is 56.5 Å². The lowest BCUT2D eigenvalue weighted by Gasteiger charge is -2.25. The Labute approximate surface area is 204 Å². The van der Waals surface area contributed by atoms with E-state index in [0.717, 1.165) is 69.7 Å². The Morgan fingerprint density at radius 3 is 2.14 bits per heavy atom. The van der Waals surface area contributed by atoms with Crippen molar-refractivity contribution >= 4 is 11.8 Å². The molecule has 0 unspecified atom stereocenters. The first-order valence-corrected chi connectivity index (χ1v) is 12.2. The van der Waals surface area contributed by atoms with E-state index in [0.29, 0.717) is 24.1 Å². The van der Waals surface area contributed by atoms with Gasteiger partial charge in [0.25, 0.3) is 0 Å². The maximum Gasteiger partial charge on any atom is 0.416 e. The molecule has 1 saturated heterocycles. The minimum absolute atomic E-state index is 0.185. The zero-order chi connectivity index (χ0) is 25.7. The molecule has 1 fully saturated rings. The van der Waals surface area contributed by atoms with E-state index in [4.69, 9.17) is 11.5 Å². The fraction of sp³-hybridized carbons (Fsp3) is 0.560. The predicted molar refractivity (Wildman–Crippen MR) is 129 cm³/mol. The maximum absolute atomic E-state index is 12.6. The Hall–Kier alpha value is -2.88. The summed E-state index contributed by atoms with van der Waals surface area (Å²) in [6, 6.07) is 5.00. The van der Waals surface area contributed by atoms with Crippen LogP contribution in [0.5, 0.6) is 0 Å². The van der Waals surface area contributed by atoms with E-state index in [1.54, 1.807) is 6.20 Å². The normalized spacial score (nSPS) is 14.3. The number of H-pyrrole nitrogens is 1. The summed E-state index contributed by atoms with van der Waals surface area (Å²) in [6.07, 6.45) is 6.53. The van der Waals surface area contributed by atoms with E-state index in [2.05, 4.69) is 14.9 Å². The molecule has 0 bridgehead atoms. The highest BCUT2D eigenvalue weighted by Crippen LogP contribution is 2.30. The number of likely N-dealkylation sites (tertiary alicyclic amines) is 1. The molecule has 0 atom stereocenters. The topological polar surface area (TPSA) is 118 Å². The molecule has 0 radical (unpaired) electrons. The van der Waals surface area contributed by atoms with Gasteiger partial charge in [0.2, 0.25) is 11.8 Å². The fourth-order valence-electron chi connectivity index (χ4n) is 3.87. The van der Waals surface area contributed by atoms with E-state index in [1.807, 2.05) is 0 Å². The van der Waals surface area contributed by atoms with Crippen molar-refractivity contribution in [3.8, 4) is 11.3 Å². The molecule has 3 rings (SSSR count). The zero-order valence-corrected chi connectivity index (χ0v) is 20.1. The minimum Gasteiger partial charge on any atom is -0.370 e. The molecule has 2 amide bonds. The van der Waals surface area contributed by atoms with Crippen molar-refractivity contribution in [2.45, 2.75) is 70.4 Å². The first-order valence-electron chi connectivity index (χ1n) is 12.2. The first kappa shape index (κ1) is 28.4. The maximum atomic E-state index is 12.6. The van der Waals surface area contributed by atoms with Crippen molar-refractivity contribution in [3.63, 3.8) is 0 Å². The number of carbonyl (C=O) groups excluding carboxylic acids is 2. The highest BCUT2D eigenvalue weighted by molar-refractivity contribution is 5.74. The third-order valence-corrected chi connectivity index (χ3v) is 5.86. The number of benzene rings is 1. The molecular weight excluding hydrogens is 459 g/mol. The SMILES string of the molecule is NC(=O)CCCCCCc1ncc(-c2ccc(C(F)(F)F)cc2)[nH]1.NC(=O)CCN1CCCCC1. The van der Waals surface area contributed by atoms with Crippen LogP contribution in [0.2, 0.25) is 0 Å². The predicted octanol–water partition coefficient (Wildman–Crippen LogP) is 4.42. The molecule has 10 heteroatoms. The summed E-state index contributed by atoms with van der Waals surface area (Å²) in [5, 5.41) is 0. The number of nitrogens with zero attached hydrogens (tertiary/aromatic N) is 2. The van der Waals surface area contributed by atoms with E-state index in [9.17, 15) is 22.8 Å². The second-order valence-corrected chi connectivity index (χ2v) is 8.82. The van der Waals surface area contributed by atoms with Crippen LogP contribution in [0.25, 0.3) is 11.3 Å². The Kier molecular flexibility index (Phi) is 11.8. The summed E-state index contributed by atoms with van der Waals surface area (Å²) in [6.45, 7) is 3.15. The van der Waals surface area contributed by atoms with Crippen LogP contribution in [0.3, 0.4) is 0 Å². The van der Waals surface area contributed by atoms with E-state index < -0.39 is 11.7 Å². The second kappa shape index (κ2) is 14.5. The quantitative estimate of drug-likeness (QED) is 0.400. The Bertz CT molecular complexity index is 907. The number of nitrogens with one attached hydrogen (secondary N) is 1. The number of imidazole rings is 1. The molecule has 1 aromatic carbocycles. The van der Waals surface area contributed by atoms with E-state index >= 15 is 0 Å². The smallest absolute Gasteiger partial charge is 0.370 e. The average molecular weight is 496 g/mol. The summed E-state index contributed by atoms with van der Waals surface area (Å²) < 4.78 is 37.7. The van der Waals surface area contributed by atoms with Gasteiger partial charge in [-0.25, -0.2) is 4.98 Å². The van der Waals surface area contributed by atoms with Crippen LogP contribution in [0.15, 0.2) is 30.5 Å². The number of hydrogen-bond donors (Lipinski definition) is 3. The van der Waals surface area contributed by atoms with Gasteiger partial charge in [-0.3, -0.25) is 9.59 Å². The minimum atomic E-state index is -4.33. The van der Waals surface area contributed by atoms with E-state index in [-0.39, 0.29) is 11.8 Å². The van der Waals surface area contributed by atoms with Gasteiger partial charge in [-0.15, -0.1) is 0 Å². The molecule has 35 heavy (non-hydrogen) atoms. The van der Waals surface area contributed by atoms with Crippen molar-refractivity contribution in [2.75, 3.05) is 19.6 Å². The third-order valence-electron chi connectivity index (χ3n) is 5.86. The number of halogens is 3. The van der Waals surface area contributed by atoms with Gasteiger partial charge < -0.3 is 21.4 Å². The summed E-state index contributed by atoms with van der Waals surface area (Å²) in [5.41, 5.74) is 10.8. The van der Waals surface area contributed by atoms with Gasteiger partial charge in [-0.2, -0.15) is 13.2 Å². The van der Waals surface area contributed by atoms with Gasteiger partial charge >= 0.3 is 6.18 Å². The Morgan fingerprint density at radius 2 is 1.54 bits per heavy atom. The van der Waals surface area contributed by atoms with Crippen molar-refractivity contribution in [1.82, 2.24) is 14.9 Å². The lowest BCUT2D eigenvalue weighted by atomic mass is 10.1. The van der Waals surface area contributed by atoms with Crippen molar-refractivity contribution < 1.29 is 22.8 Å². The van der Waals surface area contributed by atoms with Gasteiger partial charge in [0.1, 0.15) is 5.82 Å². The van der Waals surface area contributed by atoms with Crippen LogP contribution < -0.4 is 11.5 Å². The molecule has 0 spiro atoms. The molecule has 5 N–H and O–H groups in total. The monoisotopic (exact) mass is 495 g/mol. The molecule has 2 aromatic rings. The fourth-order valence-corrected chi connectivity index (χ4v) is 3.87. The number of aromatic amines is 1. The second-order valence-electron chi connectivity index (χ2n) is 8.82. The van der Waals surface area contributed by atoms with Crippen molar-refractivity contribution in [2.24, 2.45) is 11.5 Å². The number of carbonyl (C=O) groups is 2. The third kappa shape index (κ3) is 11.4. The molecule has 7 nitrogen and oxygen atoms in total. The van der Waals surface area contributed by atoms with Crippen molar-refractivity contribution in [1.29, 1.82) is 0 Å². The highest BCUT2D eigenvalue weighted by Gasteiger charge is 2.30. The number of amides is 2. The summed E-state index contributed by atoms with van der Waals surface area (Å²) in [7, 11) is 0. The van der Waals surface area contributed by atoms with Crippen LogP contribution >= 0.6 is 0 Å². The standard InChI is InChI=1S/C17H20F3N3O.C8H16N2O/c18-17(19,20)13-9-7-12(8-10-13)14-11-22-16(23-14)6-4-2-1-3-5-15(21)24;9-8(11)4-7-10-5-2-1-3-6-10/h7-11H,1-6H2,(H2,21,24)(H,22,23);1-7H2,(H2,9,11). The zero-order valence-electron chi connectivity index (χ0n) is 20.1. The molecular formula is C25H36F3N5O2.